The van der Waals surface area contributed by atoms with E-state index in [4.69, 9.17) is 4.74 Å². The molecule has 1 aromatic heterocycles. The Kier molecular flexibility index (Phi) is 5.46. The predicted octanol–water partition coefficient (Wildman–Crippen LogP) is 2.35. The zero-order valence-corrected chi connectivity index (χ0v) is 15.3. The van der Waals surface area contributed by atoms with Gasteiger partial charge in [-0.3, -0.25) is 14.7 Å². The first-order valence-electron chi connectivity index (χ1n) is 9.69. The lowest BCUT2D eigenvalue weighted by molar-refractivity contribution is -0.132. The van der Waals surface area contributed by atoms with Crippen LogP contribution in [0.15, 0.2) is 36.5 Å². The lowest BCUT2D eigenvalue weighted by Crippen LogP contribution is -2.46. The van der Waals surface area contributed by atoms with Gasteiger partial charge in [0.25, 0.3) is 0 Å². The molecule has 0 aliphatic carbocycles. The molecule has 1 unspecified atom stereocenters. The van der Waals surface area contributed by atoms with Gasteiger partial charge in [-0.2, -0.15) is 0 Å². The largest absolute Gasteiger partial charge is 0.379 e. The number of carbonyl (C=O) groups is 1. The highest BCUT2D eigenvalue weighted by molar-refractivity contribution is 5.82. The highest BCUT2D eigenvalue weighted by atomic mass is 16.5. The van der Waals surface area contributed by atoms with Gasteiger partial charge in [0.1, 0.15) is 0 Å². The quantitative estimate of drug-likeness (QED) is 0.846. The van der Waals surface area contributed by atoms with Gasteiger partial charge >= 0.3 is 0 Å². The normalized spacial score (nSPS) is 21.8. The van der Waals surface area contributed by atoms with Crippen LogP contribution in [0.5, 0.6) is 0 Å². The Balaban J connectivity index is 1.35. The molecule has 2 aliphatic rings. The Labute approximate surface area is 154 Å². The fraction of sp³-hybridized carbons (Fsp3) is 0.524. The first kappa shape index (κ1) is 17.4. The molecule has 2 saturated heterocycles. The van der Waals surface area contributed by atoms with Crippen molar-refractivity contribution in [2.75, 3.05) is 45.9 Å². The van der Waals surface area contributed by atoms with Gasteiger partial charge in [-0.05, 0) is 36.5 Å². The van der Waals surface area contributed by atoms with Crippen molar-refractivity contribution >= 4 is 16.8 Å². The maximum Gasteiger partial charge on any atom is 0.227 e. The van der Waals surface area contributed by atoms with Crippen molar-refractivity contribution in [1.29, 1.82) is 0 Å². The number of fused-ring (bicyclic) bond motifs is 1. The van der Waals surface area contributed by atoms with E-state index in [2.05, 4.69) is 26.9 Å². The minimum absolute atomic E-state index is 0.230. The third-order valence-corrected chi connectivity index (χ3v) is 5.49. The zero-order valence-electron chi connectivity index (χ0n) is 15.3. The molecule has 5 heteroatoms. The Morgan fingerprint density at radius 3 is 2.92 bits per heavy atom. The average molecular weight is 353 g/mol. The van der Waals surface area contributed by atoms with Crippen LogP contribution < -0.4 is 0 Å². The number of piperidine rings is 1. The van der Waals surface area contributed by atoms with E-state index in [0.717, 1.165) is 68.8 Å². The third kappa shape index (κ3) is 4.22. The van der Waals surface area contributed by atoms with Crippen molar-refractivity contribution in [1.82, 2.24) is 14.8 Å². The van der Waals surface area contributed by atoms with E-state index < -0.39 is 0 Å². The topological polar surface area (TPSA) is 45.7 Å². The number of carbonyl (C=O) groups excluding carboxylic acids is 1. The molecular weight excluding hydrogens is 326 g/mol. The Hall–Kier alpha value is -1.98. The predicted molar refractivity (Wildman–Crippen MR) is 102 cm³/mol. The minimum Gasteiger partial charge on any atom is -0.379 e. The van der Waals surface area contributed by atoms with Crippen molar-refractivity contribution in [3.8, 4) is 0 Å². The number of likely N-dealkylation sites (tertiary alicyclic amines) is 1. The molecule has 1 atom stereocenters. The summed E-state index contributed by atoms with van der Waals surface area (Å²) in [5.41, 5.74) is 1.98. The second-order valence-corrected chi connectivity index (χ2v) is 7.47. The van der Waals surface area contributed by atoms with Gasteiger partial charge in [0.05, 0.1) is 25.2 Å². The van der Waals surface area contributed by atoms with Crippen LogP contribution in [-0.2, 0) is 16.0 Å². The molecule has 2 aliphatic heterocycles. The Morgan fingerprint density at radius 2 is 2.04 bits per heavy atom. The van der Waals surface area contributed by atoms with Crippen LogP contribution in [0.4, 0.5) is 0 Å². The molecule has 0 N–H and O–H groups in total. The fourth-order valence-electron chi connectivity index (χ4n) is 4.09. The van der Waals surface area contributed by atoms with Crippen LogP contribution in [0.1, 0.15) is 18.4 Å². The van der Waals surface area contributed by atoms with Gasteiger partial charge in [0.15, 0.2) is 0 Å². The molecule has 1 aromatic carbocycles. The van der Waals surface area contributed by atoms with Gasteiger partial charge < -0.3 is 9.64 Å². The monoisotopic (exact) mass is 353 g/mol. The zero-order chi connectivity index (χ0) is 17.8. The van der Waals surface area contributed by atoms with Gasteiger partial charge in [0.2, 0.25) is 5.91 Å². The van der Waals surface area contributed by atoms with Crippen molar-refractivity contribution in [2.24, 2.45) is 5.92 Å². The highest BCUT2D eigenvalue weighted by Crippen LogP contribution is 2.20. The van der Waals surface area contributed by atoms with Crippen LogP contribution in [0.3, 0.4) is 0 Å². The molecule has 0 spiro atoms. The molecular formula is C21H27N3O2. The van der Waals surface area contributed by atoms with Crippen LogP contribution in [0.2, 0.25) is 0 Å². The minimum atomic E-state index is 0.230. The van der Waals surface area contributed by atoms with E-state index in [1.807, 2.05) is 24.4 Å². The smallest absolute Gasteiger partial charge is 0.227 e. The number of hydrogen-bond donors (Lipinski definition) is 0. The summed E-state index contributed by atoms with van der Waals surface area (Å²) in [5.74, 6) is 0.814. The Bertz CT molecular complexity index is 758. The Morgan fingerprint density at radius 1 is 1.19 bits per heavy atom. The van der Waals surface area contributed by atoms with Gasteiger partial charge in [-0.15, -0.1) is 0 Å². The molecule has 138 valence electrons. The van der Waals surface area contributed by atoms with Crippen molar-refractivity contribution in [2.45, 2.75) is 19.3 Å². The van der Waals surface area contributed by atoms with E-state index in [1.165, 1.54) is 6.42 Å². The molecule has 5 nitrogen and oxygen atoms in total. The van der Waals surface area contributed by atoms with E-state index in [9.17, 15) is 4.79 Å². The number of ether oxygens (including phenoxy) is 1. The summed E-state index contributed by atoms with van der Waals surface area (Å²) in [6, 6.07) is 10.1. The summed E-state index contributed by atoms with van der Waals surface area (Å²) in [4.78, 5) is 21.8. The summed E-state index contributed by atoms with van der Waals surface area (Å²) >= 11 is 0. The number of morpholine rings is 1. The number of pyridine rings is 1. The summed E-state index contributed by atoms with van der Waals surface area (Å²) in [6.45, 7) is 6.58. The van der Waals surface area contributed by atoms with Gasteiger partial charge in [-0.25, -0.2) is 0 Å². The summed E-state index contributed by atoms with van der Waals surface area (Å²) in [7, 11) is 0. The molecule has 2 aromatic rings. The van der Waals surface area contributed by atoms with E-state index in [1.54, 1.807) is 0 Å². The van der Waals surface area contributed by atoms with Gasteiger partial charge in [0, 0.05) is 44.3 Å². The molecule has 26 heavy (non-hydrogen) atoms. The number of nitrogens with zero attached hydrogens (tertiary/aromatic N) is 3. The van der Waals surface area contributed by atoms with Crippen molar-refractivity contribution in [3.05, 3.63) is 42.1 Å². The van der Waals surface area contributed by atoms with E-state index in [0.29, 0.717) is 12.3 Å². The number of hydrogen-bond acceptors (Lipinski definition) is 4. The van der Waals surface area contributed by atoms with E-state index >= 15 is 0 Å². The van der Waals surface area contributed by atoms with E-state index in [-0.39, 0.29) is 5.91 Å². The fourth-order valence-corrected chi connectivity index (χ4v) is 4.09. The molecule has 4 rings (SSSR count). The second kappa shape index (κ2) is 8.14. The van der Waals surface area contributed by atoms with Gasteiger partial charge in [-0.1, -0.05) is 18.2 Å². The SMILES string of the molecule is O=C(Cc1cnc2ccccc2c1)N1CCCC(CN2CCOCC2)C1. The standard InChI is InChI=1S/C21H27N3O2/c25-21(13-18-12-19-5-1-2-6-20(19)22-14-18)24-7-3-4-17(16-24)15-23-8-10-26-11-9-23/h1-2,5-6,12,14,17H,3-4,7-11,13,15-16H2. The third-order valence-electron chi connectivity index (χ3n) is 5.49. The highest BCUT2D eigenvalue weighted by Gasteiger charge is 2.25. The van der Waals surface area contributed by atoms with Crippen molar-refractivity contribution in [3.63, 3.8) is 0 Å². The lowest BCUT2D eigenvalue weighted by atomic mass is 9.96. The molecule has 0 saturated carbocycles. The summed E-state index contributed by atoms with van der Waals surface area (Å²) < 4.78 is 5.43. The first-order valence-corrected chi connectivity index (χ1v) is 9.69. The number of rotatable bonds is 4. The average Bonchev–Trinajstić information content (AvgIpc) is 2.69. The number of amides is 1. The number of para-hydroxylation sites is 1. The van der Waals surface area contributed by atoms with Crippen molar-refractivity contribution < 1.29 is 9.53 Å². The molecule has 1 amide bonds. The molecule has 2 fully saturated rings. The van der Waals surface area contributed by atoms with Crippen LogP contribution in [0.25, 0.3) is 10.9 Å². The maximum absolute atomic E-state index is 12.8. The first-order chi connectivity index (χ1) is 12.8. The molecule has 0 bridgehead atoms. The lowest BCUT2D eigenvalue weighted by Gasteiger charge is -2.36. The van der Waals surface area contributed by atoms with Crippen LogP contribution in [0, 0.1) is 5.92 Å². The maximum atomic E-state index is 12.8. The summed E-state index contributed by atoms with van der Waals surface area (Å²) in [5, 5.41) is 1.10. The molecule has 3 heterocycles. The van der Waals surface area contributed by atoms with Crippen LogP contribution in [-0.4, -0.2) is 66.6 Å². The van der Waals surface area contributed by atoms with Crippen LogP contribution >= 0.6 is 0 Å². The number of aromatic nitrogens is 1. The molecule has 0 radical (unpaired) electrons. The number of benzene rings is 1. The summed E-state index contributed by atoms with van der Waals surface area (Å²) in [6.07, 6.45) is 4.62. The second-order valence-electron chi connectivity index (χ2n) is 7.47.